The number of rotatable bonds is 20. The van der Waals surface area contributed by atoms with Gasteiger partial charge in [-0.15, -0.1) is 0 Å². The average Bonchev–Trinajstić information content (AvgIpc) is 3.48. The SMILES string of the molecule is CCCCCCCCCC(=O)OC1C(OC2C(C)OC3OC4C(OC(CCCCC)CCCCCCCCCC(=O)OC2C3O)OC(C)C(O)C4O)OC(C)C(OC2OC(C)C(O)C(O)C2O)C1OC1OC(CO)C(O)C(O)C1O. The molecule has 6 aliphatic heterocycles. The molecule has 26 atom stereocenters. The van der Waals surface area contributed by atoms with Crippen molar-refractivity contribution >= 4 is 11.9 Å². The minimum absolute atomic E-state index is 0.0332. The summed E-state index contributed by atoms with van der Waals surface area (Å²) < 4.78 is 75.6. The molecule has 24 nitrogen and oxygen atoms in total. The Morgan fingerprint density at radius 1 is 0.475 bits per heavy atom. The van der Waals surface area contributed by atoms with Crippen molar-refractivity contribution in [3.05, 3.63) is 0 Å². The van der Waals surface area contributed by atoms with E-state index in [4.69, 9.17) is 56.8 Å². The van der Waals surface area contributed by atoms with Crippen LogP contribution in [0, 0.1) is 0 Å². The van der Waals surface area contributed by atoms with E-state index in [0.29, 0.717) is 32.1 Å². The van der Waals surface area contributed by atoms with Crippen molar-refractivity contribution in [3.63, 3.8) is 0 Å². The molecule has 0 aliphatic carbocycles. The summed E-state index contributed by atoms with van der Waals surface area (Å²) in [6.07, 6.45) is -23.5. The minimum atomic E-state index is -1.99. The Bertz CT molecular complexity index is 1790. The number of hydrogen-bond donors (Lipinski definition) is 10. The van der Waals surface area contributed by atoms with Gasteiger partial charge in [0.15, 0.2) is 43.7 Å². The van der Waals surface area contributed by atoms with Crippen LogP contribution in [0.5, 0.6) is 0 Å². The van der Waals surface area contributed by atoms with Crippen molar-refractivity contribution in [3.8, 4) is 0 Å². The molecule has 6 aliphatic rings. The van der Waals surface area contributed by atoms with Gasteiger partial charge in [0.05, 0.1) is 37.1 Å². The normalized spacial score (nSPS) is 43.9. The summed E-state index contributed by atoms with van der Waals surface area (Å²) in [5.41, 5.74) is 0. The van der Waals surface area contributed by atoms with Crippen LogP contribution in [0.4, 0.5) is 0 Å². The Morgan fingerprint density at radius 3 is 1.70 bits per heavy atom. The van der Waals surface area contributed by atoms with Crippen molar-refractivity contribution in [2.45, 2.75) is 336 Å². The highest BCUT2D eigenvalue weighted by Crippen LogP contribution is 2.39. The lowest BCUT2D eigenvalue weighted by Crippen LogP contribution is -2.68. The monoisotopic (exact) mass is 1150 g/mol. The molecule has 0 aromatic heterocycles. The van der Waals surface area contributed by atoms with E-state index in [9.17, 15) is 60.7 Å². The van der Waals surface area contributed by atoms with Gasteiger partial charge in [-0.3, -0.25) is 9.59 Å². The molecule has 10 N–H and O–H groups in total. The number of unbranched alkanes of at least 4 members (excludes halogenated alkanes) is 8. The predicted octanol–water partition coefficient (Wildman–Crippen LogP) is 1.93. The molecule has 6 fully saturated rings. The van der Waals surface area contributed by atoms with E-state index in [-0.39, 0.29) is 18.9 Å². The molecule has 6 heterocycles. The van der Waals surface area contributed by atoms with Gasteiger partial charge in [-0.2, -0.15) is 0 Å². The topological polar surface area (TPSA) is 347 Å². The standard InChI is InChI=1S/C56H98O24/c1-7-9-11-12-14-18-23-27-36(59)76-51-50(80-53-44(67)41(64)39(62)34(28-57)74-53)47(77-52-43(66)40(63)37(60)29(3)69-52)32(6)72-56(51)78-46-31(5)71-54-45(68)48(46)75-35(58)26-22-19-16-13-15-17-21-25-33(24-20-10-8-2)73-55-49(79-54)42(65)38(61)30(4)70-55/h29-34,37-57,60-68H,7-28H2,1-6H3. The average molecular weight is 1160 g/mol. The lowest BCUT2D eigenvalue weighted by Gasteiger charge is -2.51. The van der Waals surface area contributed by atoms with E-state index in [1.54, 1.807) is 6.92 Å². The number of hydrogen-bond acceptors (Lipinski definition) is 24. The Balaban J connectivity index is 1.36. The van der Waals surface area contributed by atoms with E-state index >= 15 is 0 Å². The van der Waals surface area contributed by atoms with Crippen molar-refractivity contribution in [2.75, 3.05) is 6.61 Å². The Kier molecular flexibility index (Phi) is 27.9. The highest BCUT2D eigenvalue weighted by Gasteiger charge is 2.58. The molecule has 0 radical (unpaired) electrons. The van der Waals surface area contributed by atoms with Gasteiger partial charge in [0.1, 0.15) is 85.5 Å². The van der Waals surface area contributed by atoms with Crippen LogP contribution in [-0.4, -0.2) is 229 Å². The van der Waals surface area contributed by atoms with Gasteiger partial charge in [0, 0.05) is 12.8 Å². The van der Waals surface area contributed by atoms with Crippen molar-refractivity contribution in [1.29, 1.82) is 0 Å². The summed E-state index contributed by atoms with van der Waals surface area (Å²) in [5, 5.41) is 111. The second-order valence-electron chi connectivity index (χ2n) is 22.9. The summed E-state index contributed by atoms with van der Waals surface area (Å²) in [6, 6.07) is 0. The molecular weight excluding hydrogens is 1060 g/mol. The van der Waals surface area contributed by atoms with Crippen LogP contribution in [0.1, 0.15) is 176 Å². The van der Waals surface area contributed by atoms with Crippen LogP contribution in [0.15, 0.2) is 0 Å². The molecule has 6 saturated heterocycles. The Labute approximate surface area is 470 Å². The van der Waals surface area contributed by atoms with Crippen molar-refractivity contribution in [2.24, 2.45) is 0 Å². The van der Waals surface area contributed by atoms with E-state index in [1.165, 1.54) is 20.8 Å². The summed E-state index contributed by atoms with van der Waals surface area (Å²) in [4.78, 5) is 28.1. The van der Waals surface area contributed by atoms with Gasteiger partial charge in [-0.05, 0) is 53.4 Å². The molecule has 26 unspecified atom stereocenters. The molecule has 6 rings (SSSR count). The van der Waals surface area contributed by atoms with Crippen LogP contribution >= 0.6 is 0 Å². The molecule has 466 valence electrons. The van der Waals surface area contributed by atoms with E-state index in [0.717, 1.165) is 89.9 Å². The molecule has 0 amide bonds. The molecule has 0 saturated carbocycles. The number of fused-ring (bicyclic) bond motifs is 3. The summed E-state index contributed by atoms with van der Waals surface area (Å²) in [7, 11) is 0. The summed E-state index contributed by atoms with van der Waals surface area (Å²) in [5.74, 6) is -1.47. The maximum atomic E-state index is 14.2. The number of carbonyl (C=O) groups is 2. The van der Waals surface area contributed by atoms with Crippen LogP contribution in [0.25, 0.3) is 0 Å². The van der Waals surface area contributed by atoms with Crippen molar-refractivity contribution < 1.29 is 117 Å². The fourth-order valence-corrected chi connectivity index (χ4v) is 11.4. The van der Waals surface area contributed by atoms with E-state index in [2.05, 4.69) is 13.8 Å². The zero-order valence-electron chi connectivity index (χ0n) is 47.8. The molecule has 0 aromatic rings. The number of aliphatic hydroxyl groups is 10. The maximum Gasteiger partial charge on any atom is 0.306 e. The molecule has 2 bridgehead atoms. The number of esters is 2. The van der Waals surface area contributed by atoms with E-state index < -0.39 is 172 Å². The maximum absolute atomic E-state index is 14.2. The third-order valence-corrected chi connectivity index (χ3v) is 16.5. The van der Waals surface area contributed by atoms with Crippen LogP contribution in [0.2, 0.25) is 0 Å². The third-order valence-electron chi connectivity index (χ3n) is 16.5. The lowest BCUT2D eigenvalue weighted by atomic mass is 9.95. The van der Waals surface area contributed by atoms with Crippen molar-refractivity contribution in [1.82, 2.24) is 0 Å². The van der Waals surface area contributed by atoms with Gasteiger partial charge in [-0.25, -0.2) is 0 Å². The molecule has 24 heteroatoms. The predicted molar refractivity (Wildman–Crippen MR) is 280 cm³/mol. The van der Waals surface area contributed by atoms with Gasteiger partial charge in [0.2, 0.25) is 0 Å². The fourth-order valence-electron chi connectivity index (χ4n) is 11.4. The van der Waals surface area contributed by atoms with Crippen LogP contribution < -0.4 is 0 Å². The lowest BCUT2D eigenvalue weighted by molar-refractivity contribution is -0.400. The first kappa shape index (κ1) is 67.3. The summed E-state index contributed by atoms with van der Waals surface area (Å²) in [6.45, 7) is 9.46. The Morgan fingerprint density at radius 2 is 1.01 bits per heavy atom. The van der Waals surface area contributed by atoms with Gasteiger partial charge in [-0.1, -0.05) is 110 Å². The molecule has 0 aromatic carbocycles. The smallest absolute Gasteiger partial charge is 0.306 e. The molecular formula is C56H98O24. The first-order valence-electron chi connectivity index (χ1n) is 30.0. The first-order valence-corrected chi connectivity index (χ1v) is 30.0. The third kappa shape index (κ3) is 18.1. The van der Waals surface area contributed by atoms with Gasteiger partial charge in [0.25, 0.3) is 0 Å². The number of aliphatic hydroxyl groups excluding tert-OH is 10. The second-order valence-corrected chi connectivity index (χ2v) is 22.9. The molecule has 0 spiro atoms. The second kappa shape index (κ2) is 33.2. The number of ether oxygens (including phenoxy) is 12. The highest BCUT2D eigenvalue weighted by molar-refractivity contribution is 5.70. The Hall–Kier alpha value is -1.86. The minimum Gasteiger partial charge on any atom is -0.456 e. The van der Waals surface area contributed by atoms with Gasteiger partial charge >= 0.3 is 11.9 Å². The van der Waals surface area contributed by atoms with E-state index in [1.807, 2.05) is 0 Å². The highest BCUT2D eigenvalue weighted by atomic mass is 16.8. The largest absolute Gasteiger partial charge is 0.456 e. The fraction of sp³-hybridized carbons (Fsp3) is 0.964. The zero-order valence-corrected chi connectivity index (χ0v) is 47.8. The van der Waals surface area contributed by atoms with Crippen LogP contribution in [0.3, 0.4) is 0 Å². The zero-order chi connectivity index (χ0) is 58.2. The first-order chi connectivity index (χ1) is 38.3. The van der Waals surface area contributed by atoms with Gasteiger partial charge < -0.3 is 108 Å². The number of carbonyl (C=O) groups excluding carboxylic acids is 2. The van der Waals surface area contributed by atoms with Crippen LogP contribution in [-0.2, 0) is 66.4 Å². The molecule has 80 heavy (non-hydrogen) atoms. The summed E-state index contributed by atoms with van der Waals surface area (Å²) >= 11 is 0. The quantitative estimate of drug-likeness (QED) is 0.0615.